The van der Waals surface area contributed by atoms with Gasteiger partial charge in [0.15, 0.2) is 6.61 Å². The number of ether oxygens (including phenoxy) is 1. The van der Waals surface area contributed by atoms with E-state index in [9.17, 15) is 9.59 Å². The lowest BCUT2D eigenvalue weighted by Gasteiger charge is -2.13. The van der Waals surface area contributed by atoms with Gasteiger partial charge in [0.05, 0.1) is 0 Å². The molecule has 2 N–H and O–H groups in total. The van der Waals surface area contributed by atoms with Gasteiger partial charge in [0.2, 0.25) is 0 Å². The summed E-state index contributed by atoms with van der Waals surface area (Å²) < 4.78 is 6.37. The molecule has 1 amide bonds. The number of nitrogens with one attached hydrogen (secondary N) is 1. The Morgan fingerprint density at radius 3 is 2.53 bits per heavy atom. The molecule has 1 fully saturated rings. The molecule has 0 bridgehead atoms. The van der Waals surface area contributed by atoms with Crippen molar-refractivity contribution in [3.05, 3.63) is 27.8 Å². The number of rotatable bonds is 6. The first-order valence-corrected chi connectivity index (χ1v) is 7.04. The maximum absolute atomic E-state index is 11.6. The minimum Gasteiger partial charge on any atom is -0.484 e. The van der Waals surface area contributed by atoms with Crippen LogP contribution in [0.2, 0.25) is 0 Å². The number of carbonyl (C=O) groups is 2. The van der Waals surface area contributed by atoms with Gasteiger partial charge in [0.25, 0.3) is 5.91 Å². The van der Waals surface area contributed by atoms with Crippen molar-refractivity contribution in [2.45, 2.75) is 18.9 Å². The number of benzene rings is 1. The molecule has 1 saturated carbocycles. The molecule has 1 aliphatic carbocycles. The molecule has 102 valence electrons. The third-order valence-corrected chi connectivity index (χ3v) is 3.58. The highest BCUT2D eigenvalue weighted by molar-refractivity contribution is 14.1. The van der Waals surface area contributed by atoms with Crippen LogP contribution in [-0.2, 0) is 9.59 Å². The molecule has 19 heavy (non-hydrogen) atoms. The van der Waals surface area contributed by atoms with Crippen LogP contribution in [0.3, 0.4) is 0 Å². The van der Waals surface area contributed by atoms with Crippen LogP contribution < -0.4 is 10.1 Å². The van der Waals surface area contributed by atoms with Crippen molar-refractivity contribution in [3.63, 3.8) is 0 Å². The van der Waals surface area contributed by atoms with Crippen LogP contribution >= 0.6 is 22.6 Å². The van der Waals surface area contributed by atoms with Gasteiger partial charge in [-0.25, -0.2) is 4.79 Å². The monoisotopic (exact) mass is 375 g/mol. The minimum absolute atomic E-state index is 0.0692. The SMILES string of the molecule is O=C(COc1ccc(I)cc1)NC(C(=O)O)C1CC1. The predicted octanol–water partition coefficient (Wildman–Crippen LogP) is 1.65. The molecule has 1 aromatic rings. The molecule has 2 rings (SSSR count). The standard InChI is InChI=1S/C13H14INO4/c14-9-3-5-10(6-4-9)19-7-11(16)15-12(13(17)18)8-1-2-8/h3-6,8,12H,1-2,7H2,(H,15,16)(H,17,18). The summed E-state index contributed by atoms with van der Waals surface area (Å²) >= 11 is 2.18. The van der Waals surface area contributed by atoms with Gasteiger partial charge < -0.3 is 15.2 Å². The fourth-order valence-electron chi connectivity index (χ4n) is 1.71. The van der Waals surface area contributed by atoms with Crippen molar-refractivity contribution in [1.82, 2.24) is 5.32 Å². The summed E-state index contributed by atoms with van der Waals surface area (Å²) in [5.41, 5.74) is 0. The van der Waals surface area contributed by atoms with Gasteiger partial charge in [-0.3, -0.25) is 4.79 Å². The quantitative estimate of drug-likeness (QED) is 0.742. The molecule has 0 spiro atoms. The maximum Gasteiger partial charge on any atom is 0.326 e. The Balaban J connectivity index is 1.80. The molecule has 0 aromatic heterocycles. The summed E-state index contributed by atoms with van der Waals surface area (Å²) in [6.07, 6.45) is 1.71. The number of carboxylic acids is 1. The number of aliphatic carboxylic acids is 1. The number of carbonyl (C=O) groups excluding carboxylic acids is 1. The van der Waals surface area contributed by atoms with Gasteiger partial charge in [-0.1, -0.05) is 0 Å². The molecule has 0 radical (unpaired) electrons. The van der Waals surface area contributed by atoms with Crippen molar-refractivity contribution in [3.8, 4) is 5.75 Å². The molecule has 1 atom stereocenters. The van der Waals surface area contributed by atoms with Crippen molar-refractivity contribution in [2.24, 2.45) is 5.92 Å². The Morgan fingerprint density at radius 1 is 1.37 bits per heavy atom. The van der Waals surface area contributed by atoms with Crippen molar-refractivity contribution in [1.29, 1.82) is 0 Å². The second-order valence-electron chi connectivity index (χ2n) is 4.46. The predicted molar refractivity (Wildman–Crippen MR) is 76.9 cm³/mol. The highest BCUT2D eigenvalue weighted by Gasteiger charge is 2.37. The lowest BCUT2D eigenvalue weighted by molar-refractivity contribution is -0.142. The molecule has 0 aliphatic heterocycles. The lowest BCUT2D eigenvalue weighted by atomic mass is 10.2. The fraction of sp³-hybridized carbons (Fsp3) is 0.385. The largest absolute Gasteiger partial charge is 0.484 e. The van der Waals surface area contributed by atoms with Crippen molar-refractivity contribution in [2.75, 3.05) is 6.61 Å². The first-order chi connectivity index (χ1) is 9.06. The zero-order valence-corrected chi connectivity index (χ0v) is 12.3. The second-order valence-corrected chi connectivity index (χ2v) is 5.71. The van der Waals surface area contributed by atoms with Gasteiger partial charge in [-0.2, -0.15) is 0 Å². The summed E-state index contributed by atoms with van der Waals surface area (Å²) in [5.74, 6) is -0.725. The summed E-state index contributed by atoms with van der Waals surface area (Å²) in [7, 11) is 0. The van der Waals surface area contributed by atoms with Crippen LogP contribution in [0, 0.1) is 9.49 Å². The third-order valence-electron chi connectivity index (χ3n) is 2.86. The summed E-state index contributed by atoms with van der Waals surface area (Å²) in [5, 5.41) is 11.5. The lowest BCUT2D eigenvalue weighted by Crippen LogP contribution is -2.44. The molecule has 0 heterocycles. The van der Waals surface area contributed by atoms with E-state index in [2.05, 4.69) is 27.9 Å². The highest BCUT2D eigenvalue weighted by Crippen LogP contribution is 2.32. The smallest absolute Gasteiger partial charge is 0.326 e. The maximum atomic E-state index is 11.6. The number of hydrogen-bond donors (Lipinski definition) is 2. The number of amides is 1. The molecule has 1 aromatic carbocycles. The molecule has 0 saturated heterocycles. The molecule has 6 heteroatoms. The van der Waals surface area contributed by atoms with Gasteiger partial charge in [0, 0.05) is 3.57 Å². The zero-order valence-electron chi connectivity index (χ0n) is 10.1. The van der Waals surface area contributed by atoms with Gasteiger partial charge in [0.1, 0.15) is 11.8 Å². The van der Waals surface area contributed by atoms with E-state index in [0.717, 1.165) is 16.4 Å². The number of hydrogen-bond acceptors (Lipinski definition) is 3. The third kappa shape index (κ3) is 4.38. The van der Waals surface area contributed by atoms with Crippen LogP contribution in [0.4, 0.5) is 0 Å². The normalized spacial score (nSPS) is 15.6. The molecule has 1 unspecified atom stereocenters. The van der Waals surface area contributed by atoms with Crippen molar-refractivity contribution >= 4 is 34.5 Å². The summed E-state index contributed by atoms with van der Waals surface area (Å²) in [4.78, 5) is 22.6. The van der Waals surface area contributed by atoms with Crippen LogP contribution in [0.25, 0.3) is 0 Å². The average molecular weight is 375 g/mol. The Bertz CT molecular complexity index is 470. The van der Waals surface area contributed by atoms with Crippen LogP contribution in [0.5, 0.6) is 5.75 Å². The Kier molecular flexibility index (Phi) is 4.62. The first kappa shape index (κ1) is 14.1. The van der Waals surface area contributed by atoms with E-state index in [0.29, 0.717) is 5.75 Å². The van der Waals surface area contributed by atoms with E-state index in [1.165, 1.54) is 0 Å². The Labute approximate surface area is 124 Å². The molecular weight excluding hydrogens is 361 g/mol. The number of carboxylic acid groups (broad SMARTS) is 1. The summed E-state index contributed by atoms with van der Waals surface area (Å²) in [6.45, 7) is -0.170. The van der Waals surface area contributed by atoms with Gasteiger partial charge in [-0.15, -0.1) is 0 Å². The van der Waals surface area contributed by atoms with E-state index >= 15 is 0 Å². The molecule has 1 aliphatic rings. The fourth-order valence-corrected chi connectivity index (χ4v) is 2.07. The average Bonchev–Trinajstić information content (AvgIpc) is 3.19. The summed E-state index contributed by atoms with van der Waals surface area (Å²) in [6, 6.07) is 6.50. The van der Waals surface area contributed by atoms with E-state index in [1.54, 1.807) is 12.1 Å². The topological polar surface area (TPSA) is 75.6 Å². The second kappa shape index (κ2) is 6.23. The van der Waals surface area contributed by atoms with E-state index in [4.69, 9.17) is 9.84 Å². The van der Waals surface area contributed by atoms with E-state index in [-0.39, 0.29) is 12.5 Å². The van der Waals surface area contributed by atoms with Gasteiger partial charge in [-0.05, 0) is 65.6 Å². The van der Waals surface area contributed by atoms with Crippen LogP contribution in [-0.4, -0.2) is 29.6 Å². The van der Waals surface area contributed by atoms with Gasteiger partial charge >= 0.3 is 5.97 Å². The van der Waals surface area contributed by atoms with Crippen molar-refractivity contribution < 1.29 is 19.4 Å². The van der Waals surface area contributed by atoms with Crippen LogP contribution in [0.1, 0.15) is 12.8 Å². The van der Waals surface area contributed by atoms with E-state index < -0.39 is 17.9 Å². The highest BCUT2D eigenvalue weighted by atomic mass is 127. The van der Waals surface area contributed by atoms with Crippen LogP contribution in [0.15, 0.2) is 24.3 Å². The molecule has 5 nitrogen and oxygen atoms in total. The first-order valence-electron chi connectivity index (χ1n) is 5.97. The zero-order chi connectivity index (χ0) is 13.8. The molecular formula is C13H14INO4. The Morgan fingerprint density at radius 2 is 2.00 bits per heavy atom. The number of halogens is 1. The van der Waals surface area contributed by atoms with E-state index in [1.807, 2.05) is 12.1 Å². The minimum atomic E-state index is -0.981. The Hall–Kier alpha value is -1.31.